The summed E-state index contributed by atoms with van der Waals surface area (Å²) in [7, 11) is 0. The van der Waals surface area contributed by atoms with Gasteiger partial charge >= 0.3 is 0 Å². The van der Waals surface area contributed by atoms with Gasteiger partial charge in [-0.25, -0.2) is 4.98 Å². The Bertz CT molecular complexity index is 598. The van der Waals surface area contributed by atoms with Gasteiger partial charge in [0.1, 0.15) is 11.4 Å². The van der Waals surface area contributed by atoms with E-state index in [0.717, 1.165) is 22.4 Å². The Kier molecular flexibility index (Phi) is 1.79. The van der Waals surface area contributed by atoms with Gasteiger partial charge in [-0.2, -0.15) is 0 Å². The number of pyridine rings is 1. The van der Waals surface area contributed by atoms with Crippen LogP contribution < -0.4 is 0 Å². The topological polar surface area (TPSA) is 41.8 Å². The van der Waals surface area contributed by atoms with E-state index in [1.54, 1.807) is 12.5 Å². The number of furan rings is 1. The summed E-state index contributed by atoms with van der Waals surface area (Å²) in [5, 5.41) is 1.56. The summed E-state index contributed by atoms with van der Waals surface area (Å²) in [5.41, 5.74) is 1.69. The molecule has 3 rings (SSSR count). The first-order valence-electron chi connectivity index (χ1n) is 4.52. The number of hydrogen-bond acceptors (Lipinski definition) is 2. The predicted molar refractivity (Wildman–Crippen MR) is 58.8 cm³/mol. The van der Waals surface area contributed by atoms with E-state index in [0.29, 0.717) is 5.02 Å². The van der Waals surface area contributed by atoms with Crippen molar-refractivity contribution in [3.8, 4) is 11.3 Å². The summed E-state index contributed by atoms with van der Waals surface area (Å²) in [6.45, 7) is 0. The molecule has 0 spiro atoms. The molecule has 4 heteroatoms. The van der Waals surface area contributed by atoms with Crippen molar-refractivity contribution in [3.05, 3.63) is 41.9 Å². The van der Waals surface area contributed by atoms with Crippen molar-refractivity contribution >= 4 is 22.6 Å². The standard InChI is InChI=1S/C11H7ClN2O/c12-8-6-14-11-7(3-4-13-11)10(8)9-2-1-5-15-9/h1-6H,(H,13,14). The lowest BCUT2D eigenvalue weighted by molar-refractivity contribution is 0.583. The normalized spacial score (nSPS) is 11.0. The first-order chi connectivity index (χ1) is 7.36. The third kappa shape index (κ3) is 1.24. The lowest BCUT2D eigenvalue weighted by Crippen LogP contribution is -1.82. The number of fused-ring (bicyclic) bond motifs is 1. The lowest BCUT2D eigenvalue weighted by Gasteiger charge is -2.01. The molecule has 0 saturated carbocycles. The van der Waals surface area contributed by atoms with Crippen LogP contribution in [-0.4, -0.2) is 9.97 Å². The highest BCUT2D eigenvalue weighted by molar-refractivity contribution is 6.34. The SMILES string of the molecule is Clc1cnc2[nH]ccc2c1-c1ccco1. The molecule has 0 saturated heterocycles. The number of aromatic amines is 1. The maximum absolute atomic E-state index is 6.12. The first kappa shape index (κ1) is 8.56. The molecule has 0 fully saturated rings. The van der Waals surface area contributed by atoms with Gasteiger partial charge in [-0.05, 0) is 18.2 Å². The first-order valence-corrected chi connectivity index (χ1v) is 4.89. The number of nitrogens with one attached hydrogen (secondary N) is 1. The summed E-state index contributed by atoms with van der Waals surface area (Å²) in [6.07, 6.45) is 5.09. The zero-order valence-electron chi connectivity index (χ0n) is 7.70. The molecule has 0 aliphatic carbocycles. The maximum atomic E-state index is 6.12. The van der Waals surface area contributed by atoms with E-state index in [1.807, 2.05) is 24.4 Å². The number of aromatic nitrogens is 2. The van der Waals surface area contributed by atoms with Gasteiger partial charge in [0, 0.05) is 23.3 Å². The zero-order valence-corrected chi connectivity index (χ0v) is 8.45. The molecule has 0 bridgehead atoms. The number of H-pyrrole nitrogens is 1. The molecule has 3 heterocycles. The second-order valence-corrected chi connectivity index (χ2v) is 3.61. The van der Waals surface area contributed by atoms with Crippen LogP contribution in [0.15, 0.2) is 41.3 Å². The van der Waals surface area contributed by atoms with Crippen LogP contribution in [0.3, 0.4) is 0 Å². The van der Waals surface area contributed by atoms with Crippen LogP contribution in [0.5, 0.6) is 0 Å². The molecule has 3 aromatic rings. The van der Waals surface area contributed by atoms with Crippen molar-refractivity contribution in [1.29, 1.82) is 0 Å². The predicted octanol–water partition coefficient (Wildman–Crippen LogP) is 3.48. The van der Waals surface area contributed by atoms with Crippen molar-refractivity contribution in [1.82, 2.24) is 9.97 Å². The van der Waals surface area contributed by atoms with Crippen LogP contribution in [0.25, 0.3) is 22.4 Å². The molecule has 0 amide bonds. The van der Waals surface area contributed by atoms with Gasteiger partial charge in [0.2, 0.25) is 0 Å². The van der Waals surface area contributed by atoms with E-state index in [4.69, 9.17) is 16.0 Å². The molecule has 0 aliphatic heterocycles. The Morgan fingerprint density at radius 1 is 1.33 bits per heavy atom. The van der Waals surface area contributed by atoms with Gasteiger partial charge < -0.3 is 9.40 Å². The Labute approximate surface area is 90.7 Å². The Hall–Kier alpha value is -1.74. The van der Waals surface area contributed by atoms with Gasteiger partial charge in [-0.3, -0.25) is 0 Å². The Balaban J connectivity index is 2.41. The van der Waals surface area contributed by atoms with Crippen LogP contribution in [0.4, 0.5) is 0 Å². The van der Waals surface area contributed by atoms with E-state index in [2.05, 4.69) is 9.97 Å². The van der Waals surface area contributed by atoms with E-state index >= 15 is 0 Å². The Morgan fingerprint density at radius 3 is 3.07 bits per heavy atom. The quantitative estimate of drug-likeness (QED) is 0.680. The van der Waals surface area contributed by atoms with E-state index in [-0.39, 0.29) is 0 Å². The minimum Gasteiger partial charge on any atom is -0.464 e. The third-order valence-electron chi connectivity index (χ3n) is 2.31. The van der Waals surface area contributed by atoms with Gasteiger partial charge in [-0.15, -0.1) is 0 Å². The van der Waals surface area contributed by atoms with Gasteiger partial charge in [-0.1, -0.05) is 11.6 Å². The van der Waals surface area contributed by atoms with Crippen LogP contribution in [-0.2, 0) is 0 Å². The number of halogens is 1. The fourth-order valence-corrected chi connectivity index (χ4v) is 1.90. The van der Waals surface area contributed by atoms with Gasteiger partial charge in [0.25, 0.3) is 0 Å². The van der Waals surface area contributed by atoms with Crippen LogP contribution >= 0.6 is 11.6 Å². The molecule has 15 heavy (non-hydrogen) atoms. The van der Waals surface area contributed by atoms with Crippen molar-refractivity contribution in [3.63, 3.8) is 0 Å². The highest BCUT2D eigenvalue weighted by Crippen LogP contribution is 2.33. The minimum atomic E-state index is 0.594. The molecule has 3 nitrogen and oxygen atoms in total. The van der Waals surface area contributed by atoms with E-state index in [1.165, 1.54) is 0 Å². The van der Waals surface area contributed by atoms with Gasteiger partial charge in [0.05, 0.1) is 11.3 Å². The summed E-state index contributed by atoms with van der Waals surface area (Å²) < 4.78 is 5.35. The van der Waals surface area contributed by atoms with Crippen molar-refractivity contribution in [2.24, 2.45) is 0 Å². The zero-order chi connectivity index (χ0) is 10.3. The van der Waals surface area contributed by atoms with Crippen LogP contribution in [0.1, 0.15) is 0 Å². The smallest absolute Gasteiger partial charge is 0.138 e. The van der Waals surface area contributed by atoms with Crippen molar-refractivity contribution in [2.45, 2.75) is 0 Å². The fourth-order valence-electron chi connectivity index (χ4n) is 1.65. The molecule has 0 unspecified atom stereocenters. The molecule has 0 aliphatic rings. The molecular weight excluding hydrogens is 212 g/mol. The summed E-state index contributed by atoms with van der Waals surface area (Å²) >= 11 is 6.12. The lowest BCUT2D eigenvalue weighted by atomic mass is 10.1. The second kappa shape index (κ2) is 3.14. The number of hydrogen-bond donors (Lipinski definition) is 1. The number of rotatable bonds is 1. The van der Waals surface area contributed by atoms with Gasteiger partial charge in [0.15, 0.2) is 0 Å². The van der Waals surface area contributed by atoms with Crippen LogP contribution in [0, 0.1) is 0 Å². The third-order valence-corrected chi connectivity index (χ3v) is 2.59. The van der Waals surface area contributed by atoms with E-state index < -0.39 is 0 Å². The fraction of sp³-hybridized carbons (Fsp3) is 0. The molecule has 0 atom stereocenters. The Morgan fingerprint density at radius 2 is 2.27 bits per heavy atom. The summed E-state index contributed by atoms with van der Waals surface area (Å²) in [5.74, 6) is 0.756. The monoisotopic (exact) mass is 218 g/mol. The molecule has 3 aromatic heterocycles. The van der Waals surface area contributed by atoms with Crippen molar-refractivity contribution < 1.29 is 4.42 Å². The molecule has 74 valence electrons. The average molecular weight is 219 g/mol. The summed E-state index contributed by atoms with van der Waals surface area (Å²) in [4.78, 5) is 7.22. The highest BCUT2D eigenvalue weighted by atomic mass is 35.5. The van der Waals surface area contributed by atoms with E-state index in [9.17, 15) is 0 Å². The summed E-state index contributed by atoms with van der Waals surface area (Å²) in [6, 6.07) is 5.66. The molecule has 0 radical (unpaired) electrons. The average Bonchev–Trinajstić information content (AvgIpc) is 2.85. The molecule has 0 aromatic carbocycles. The highest BCUT2D eigenvalue weighted by Gasteiger charge is 2.12. The number of nitrogens with zero attached hydrogens (tertiary/aromatic N) is 1. The maximum Gasteiger partial charge on any atom is 0.138 e. The molecule has 1 N–H and O–H groups in total. The largest absolute Gasteiger partial charge is 0.464 e. The second-order valence-electron chi connectivity index (χ2n) is 3.20. The van der Waals surface area contributed by atoms with Crippen molar-refractivity contribution in [2.75, 3.05) is 0 Å². The van der Waals surface area contributed by atoms with Crippen LogP contribution in [0.2, 0.25) is 5.02 Å². The molecular formula is C11H7ClN2O. The minimum absolute atomic E-state index is 0.594.